The predicted molar refractivity (Wildman–Crippen MR) is 102 cm³/mol. The molecule has 2 saturated heterocycles. The Morgan fingerprint density at radius 1 is 1.21 bits per heavy atom. The van der Waals surface area contributed by atoms with E-state index in [0.717, 1.165) is 30.8 Å². The first kappa shape index (κ1) is 17.5. The Hall–Kier alpha value is -2.60. The summed E-state index contributed by atoms with van der Waals surface area (Å²) in [7, 11) is 0. The van der Waals surface area contributed by atoms with E-state index < -0.39 is 6.10 Å². The zero-order valence-electron chi connectivity index (χ0n) is 15.8. The molecule has 3 aliphatic heterocycles. The van der Waals surface area contributed by atoms with Crippen LogP contribution in [0.3, 0.4) is 0 Å². The fraction of sp³-hybridized carbons (Fsp3) is 0.455. The number of aromatic nitrogens is 1. The second kappa shape index (κ2) is 7.09. The highest BCUT2D eigenvalue weighted by Crippen LogP contribution is 2.42. The van der Waals surface area contributed by atoms with E-state index in [2.05, 4.69) is 4.98 Å². The van der Waals surface area contributed by atoms with Crippen molar-refractivity contribution in [3.8, 4) is 11.6 Å². The molecule has 28 heavy (non-hydrogen) atoms. The molecule has 3 aliphatic rings. The van der Waals surface area contributed by atoms with Gasteiger partial charge in [-0.25, -0.2) is 4.98 Å². The molecule has 1 aromatic carbocycles. The molecule has 0 bridgehead atoms. The quantitative estimate of drug-likeness (QED) is 0.798. The average Bonchev–Trinajstić information content (AvgIpc) is 3.31. The van der Waals surface area contributed by atoms with Gasteiger partial charge in [0.2, 0.25) is 5.88 Å². The van der Waals surface area contributed by atoms with Crippen LogP contribution in [0.2, 0.25) is 0 Å². The maximum absolute atomic E-state index is 12.9. The minimum absolute atomic E-state index is 0.0702. The van der Waals surface area contributed by atoms with E-state index in [1.54, 1.807) is 6.20 Å². The Morgan fingerprint density at radius 3 is 2.89 bits per heavy atom. The van der Waals surface area contributed by atoms with Crippen molar-refractivity contribution in [3.05, 3.63) is 54.2 Å². The number of hydrogen-bond acceptors (Lipinski definition) is 5. The lowest BCUT2D eigenvalue weighted by Crippen LogP contribution is -2.67. The lowest BCUT2D eigenvalue weighted by Gasteiger charge is -2.50. The van der Waals surface area contributed by atoms with Gasteiger partial charge in [-0.1, -0.05) is 24.3 Å². The number of benzene rings is 1. The van der Waals surface area contributed by atoms with Crippen molar-refractivity contribution < 1.29 is 19.0 Å². The van der Waals surface area contributed by atoms with E-state index >= 15 is 0 Å². The summed E-state index contributed by atoms with van der Waals surface area (Å²) in [6, 6.07) is 13.5. The van der Waals surface area contributed by atoms with Crippen LogP contribution >= 0.6 is 0 Å². The topological polar surface area (TPSA) is 60.9 Å². The standard InChI is InChI=1S/C22H24N2O4/c25-21(19-13-16-5-1-2-6-18(16)28-19)24-14-22(15-24)17(9-12-27-22)8-11-26-20-7-3-4-10-23-20/h1-7,10,17,19H,8-9,11-15H2/t17-,19+/m1/s1. The highest BCUT2D eigenvalue weighted by atomic mass is 16.5. The zero-order chi connectivity index (χ0) is 19.0. The molecule has 0 N–H and O–H groups in total. The molecule has 0 aliphatic carbocycles. The van der Waals surface area contributed by atoms with Crippen molar-refractivity contribution in [2.45, 2.75) is 31.0 Å². The number of likely N-dealkylation sites (tertiary alicyclic amines) is 1. The Labute approximate surface area is 164 Å². The van der Waals surface area contributed by atoms with Gasteiger partial charge in [-0.2, -0.15) is 0 Å². The molecule has 1 aromatic heterocycles. The number of hydrogen-bond donors (Lipinski definition) is 0. The Kier molecular flexibility index (Phi) is 4.43. The van der Waals surface area contributed by atoms with Gasteiger partial charge in [0.15, 0.2) is 6.10 Å². The van der Waals surface area contributed by atoms with Crippen LogP contribution in [0.1, 0.15) is 18.4 Å². The highest BCUT2D eigenvalue weighted by molar-refractivity contribution is 5.83. The Balaban J connectivity index is 1.14. The molecule has 2 fully saturated rings. The van der Waals surface area contributed by atoms with Crippen LogP contribution in [0, 0.1) is 5.92 Å². The number of amides is 1. The van der Waals surface area contributed by atoms with E-state index in [1.165, 1.54) is 0 Å². The first-order valence-corrected chi connectivity index (χ1v) is 9.95. The van der Waals surface area contributed by atoms with E-state index in [1.807, 2.05) is 47.4 Å². The minimum atomic E-state index is -0.401. The molecule has 6 heteroatoms. The van der Waals surface area contributed by atoms with Crippen LogP contribution in [-0.2, 0) is 16.0 Å². The second-order valence-corrected chi connectivity index (χ2v) is 7.82. The fourth-order valence-electron chi connectivity index (χ4n) is 4.56. The number of pyridine rings is 1. The minimum Gasteiger partial charge on any atom is -0.480 e. The molecule has 4 heterocycles. The number of rotatable bonds is 5. The third-order valence-corrected chi connectivity index (χ3v) is 6.11. The van der Waals surface area contributed by atoms with Gasteiger partial charge in [0.05, 0.1) is 19.7 Å². The SMILES string of the molecule is O=C([C@@H]1Cc2ccccc2O1)N1CC2(C1)OCC[C@H]2CCOc1ccccn1. The molecule has 2 aromatic rings. The molecule has 0 saturated carbocycles. The van der Waals surface area contributed by atoms with Gasteiger partial charge in [-0.3, -0.25) is 4.79 Å². The maximum atomic E-state index is 12.9. The highest BCUT2D eigenvalue weighted by Gasteiger charge is 2.55. The smallest absolute Gasteiger partial charge is 0.264 e. The first-order chi connectivity index (χ1) is 13.7. The van der Waals surface area contributed by atoms with Gasteiger partial charge < -0.3 is 19.1 Å². The second-order valence-electron chi connectivity index (χ2n) is 7.82. The van der Waals surface area contributed by atoms with Crippen LogP contribution in [0.25, 0.3) is 0 Å². The summed E-state index contributed by atoms with van der Waals surface area (Å²) in [5.74, 6) is 1.96. The van der Waals surface area contributed by atoms with E-state index in [-0.39, 0.29) is 11.5 Å². The normalized spacial score (nSPS) is 24.5. The van der Waals surface area contributed by atoms with Gasteiger partial charge in [0.25, 0.3) is 5.91 Å². The number of para-hydroxylation sites is 1. The molecule has 1 spiro atoms. The third-order valence-electron chi connectivity index (χ3n) is 6.11. The summed E-state index contributed by atoms with van der Waals surface area (Å²) < 4.78 is 17.7. The zero-order valence-corrected chi connectivity index (χ0v) is 15.8. The van der Waals surface area contributed by atoms with Gasteiger partial charge >= 0.3 is 0 Å². The van der Waals surface area contributed by atoms with Gasteiger partial charge in [-0.15, -0.1) is 0 Å². The van der Waals surface area contributed by atoms with Crippen LogP contribution in [0.5, 0.6) is 11.6 Å². The molecule has 146 valence electrons. The lowest BCUT2D eigenvalue weighted by molar-refractivity contribution is -0.171. The first-order valence-electron chi connectivity index (χ1n) is 9.95. The van der Waals surface area contributed by atoms with E-state index in [9.17, 15) is 4.79 Å². The van der Waals surface area contributed by atoms with Gasteiger partial charge in [0.1, 0.15) is 11.4 Å². The number of ether oxygens (including phenoxy) is 3. The summed E-state index contributed by atoms with van der Waals surface area (Å²) in [5, 5.41) is 0. The van der Waals surface area contributed by atoms with Crippen molar-refractivity contribution in [1.29, 1.82) is 0 Å². The van der Waals surface area contributed by atoms with Crippen molar-refractivity contribution in [1.82, 2.24) is 9.88 Å². The molecule has 0 radical (unpaired) electrons. The summed E-state index contributed by atoms with van der Waals surface area (Å²) in [6.07, 6.45) is 3.90. The van der Waals surface area contributed by atoms with Crippen LogP contribution in [0.4, 0.5) is 0 Å². The lowest BCUT2D eigenvalue weighted by atomic mass is 9.79. The summed E-state index contributed by atoms with van der Waals surface area (Å²) in [6.45, 7) is 2.66. The van der Waals surface area contributed by atoms with Gasteiger partial charge in [-0.05, 0) is 36.5 Å². The Bertz CT molecular complexity index is 826. The summed E-state index contributed by atoms with van der Waals surface area (Å²) in [5.41, 5.74) is 0.895. The number of carbonyl (C=O) groups excluding carboxylic acids is 1. The van der Waals surface area contributed by atoms with Gasteiger partial charge in [0, 0.05) is 25.3 Å². The number of carbonyl (C=O) groups is 1. The molecule has 5 rings (SSSR count). The molecular formula is C22H24N2O4. The van der Waals surface area contributed by atoms with E-state index in [4.69, 9.17) is 14.2 Å². The molecule has 1 amide bonds. The molecule has 2 atom stereocenters. The Morgan fingerprint density at radius 2 is 2.07 bits per heavy atom. The fourth-order valence-corrected chi connectivity index (χ4v) is 4.56. The molecular weight excluding hydrogens is 356 g/mol. The molecule has 6 nitrogen and oxygen atoms in total. The van der Waals surface area contributed by atoms with Crippen LogP contribution < -0.4 is 9.47 Å². The number of nitrogens with zero attached hydrogens (tertiary/aromatic N) is 2. The van der Waals surface area contributed by atoms with Crippen molar-refractivity contribution in [2.24, 2.45) is 5.92 Å². The maximum Gasteiger partial charge on any atom is 0.264 e. The van der Waals surface area contributed by atoms with E-state index in [0.29, 0.717) is 37.9 Å². The molecule has 0 unspecified atom stereocenters. The average molecular weight is 380 g/mol. The van der Waals surface area contributed by atoms with Crippen LogP contribution in [0.15, 0.2) is 48.7 Å². The monoisotopic (exact) mass is 380 g/mol. The summed E-state index contributed by atoms with van der Waals surface area (Å²) in [4.78, 5) is 18.9. The van der Waals surface area contributed by atoms with Crippen LogP contribution in [-0.4, -0.2) is 53.8 Å². The van der Waals surface area contributed by atoms with Crippen molar-refractivity contribution >= 4 is 5.91 Å². The third kappa shape index (κ3) is 3.11. The largest absolute Gasteiger partial charge is 0.480 e. The predicted octanol–water partition coefficient (Wildman–Crippen LogP) is 2.47. The summed E-state index contributed by atoms with van der Waals surface area (Å²) >= 11 is 0. The van der Waals surface area contributed by atoms with Crippen molar-refractivity contribution in [2.75, 3.05) is 26.3 Å². The van der Waals surface area contributed by atoms with Crippen molar-refractivity contribution in [3.63, 3.8) is 0 Å². The number of fused-ring (bicyclic) bond motifs is 1.